The molecule has 1 fully saturated rings. The third-order valence-electron chi connectivity index (χ3n) is 4.47. The highest BCUT2D eigenvalue weighted by atomic mass is 35.5. The van der Waals surface area contributed by atoms with Crippen molar-refractivity contribution in [3.05, 3.63) is 34.0 Å². The lowest BCUT2D eigenvalue weighted by atomic mass is 10.2. The minimum Gasteiger partial charge on any atom is -0.444 e. The Morgan fingerprint density at radius 1 is 1.24 bits per heavy atom. The fourth-order valence-corrected chi connectivity index (χ4v) is 3.41. The van der Waals surface area contributed by atoms with Gasteiger partial charge in [-0.1, -0.05) is 29.3 Å². The Morgan fingerprint density at radius 3 is 2.48 bits per heavy atom. The van der Waals surface area contributed by atoms with Crippen LogP contribution in [0.5, 0.6) is 0 Å². The Kier molecular flexibility index (Phi) is 5.81. The molecule has 1 amide bonds. The molecular weight excluding hydrogens is 367 g/mol. The van der Waals surface area contributed by atoms with Crippen molar-refractivity contribution in [3.8, 4) is 0 Å². The van der Waals surface area contributed by atoms with Crippen LogP contribution >= 0.6 is 23.2 Å². The molecule has 2 aliphatic heterocycles. The molecule has 1 aromatic rings. The van der Waals surface area contributed by atoms with E-state index < -0.39 is 12.1 Å². The van der Waals surface area contributed by atoms with E-state index in [9.17, 15) is 9.90 Å². The molecule has 1 unspecified atom stereocenters. The summed E-state index contributed by atoms with van der Waals surface area (Å²) in [5, 5.41) is 17.1. The minimum absolute atomic E-state index is 0.0400. The second-order valence-electron chi connectivity index (χ2n) is 6.07. The van der Waals surface area contributed by atoms with Gasteiger partial charge in [0.15, 0.2) is 12.8 Å². The van der Waals surface area contributed by atoms with Gasteiger partial charge >= 0.3 is 0 Å². The van der Waals surface area contributed by atoms with Crippen LogP contribution in [-0.4, -0.2) is 76.5 Å². The Balaban J connectivity index is 1.59. The largest absolute Gasteiger partial charge is 0.444 e. The molecule has 0 aromatic carbocycles. The molecule has 0 aliphatic carbocycles. The Morgan fingerprint density at radius 2 is 1.96 bits per heavy atom. The predicted octanol–water partition coefficient (Wildman–Crippen LogP) is 0.278. The van der Waals surface area contributed by atoms with Gasteiger partial charge in [-0.2, -0.15) is 0 Å². The topological polar surface area (TPSA) is 82.8 Å². The maximum atomic E-state index is 12.0. The molecule has 136 valence electrons. The molecule has 1 saturated heterocycles. The number of anilines is 1. The summed E-state index contributed by atoms with van der Waals surface area (Å²) in [6.07, 6.45) is 0.498. The average molecular weight is 388 g/mol. The molecule has 3 rings (SSSR count). The Bertz CT molecular complexity index is 660. The van der Waals surface area contributed by atoms with Gasteiger partial charge in [-0.25, -0.2) is 4.98 Å². The number of hydrogen-bond donors (Lipinski definition) is 1. The van der Waals surface area contributed by atoms with Gasteiger partial charge in [-0.15, -0.1) is 0 Å². The van der Waals surface area contributed by atoms with Gasteiger partial charge in [0, 0.05) is 32.4 Å². The number of amides is 1. The first kappa shape index (κ1) is 18.4. The number of nitrogens with zero attached hydrogens (tertiary/aromatic N) is 4. The molecule has 25 heavy (non-hydrogen) atoms. The summed E-state index contributed by atoms with van der Waals surface area (Å²) >= 11 is 11.6. The zero-order valence-corrected chi connectivity index (χ0v) is 15.2. The smallest absolute Gasteiger partial charge is 0.269 e. The van der Waals surface area contributed by atoms with Crippen LogP contribution < -0.4 is 4.90 Å². The van der Waals surface area contributed by atoms with Gasteiger partial charge in [0.05, 0.1) is 18.1 Å². The minimum atomic E-state index is -1.20. The van der Waals surface area contributed by atoms with Crippen molar-refractivity contribution in [2.75, 3.05) is 44.2 Å². The first-order valence-electron chi connectivity index (χ1n) is 8.12. The van der Waals surface area contributed by atoms with Crippen molar-refractivity contribution in [2.24, 2.45) is 0 Å². The van der Waals surface area contributed by atoms with Crippen LogP contribution in [0.1, 0.15) is 5.56 Å². The lowest BCUT2D eigenvalue weighted by Gasteiger charge is -2.34. The fraction of sp³-hybridized carbons (Fsp3) is 0.500. The number of aliphatic hydroxyl groups is 1. The molecule has 3 heterocycles. The summed E-state index contributed by atoms with van der Waals surface area (Å²) in [5.74, 6) is 0.408. The van der Waals surface area contributed by atoms with E-state index in [-0.39, 0.29) is 16.6 Å². The quantitative estimate of drug-likeness (QED) is 0.733. The summed E-state index contributed by atoms with van der Waals surface area (Å²) in [7, 11) is 0. The van der Waals surface area contributed by atoms with Crippen molar-refractivity contribution in [1.29, 1.82) is 0 Å². The Labute approximate surface area is 156 Å². The number of aromatic nitrogens is 1. The average Bonchev–Trinajstić information content (AvgIpc) is 2.81. The lowest BCUT2D eigenvalue weighted by Crippen LogP contribution is -2.47. The number of hydrogen-bond acceptors (Lipinski definition) is 5. The molecule has 2 aliphatic rings. The van der Waals surface area contributed by atoms with E-state index in [1.54, 1.807) is 6.20 Å². The number of aliphatic hydroxyl groups excluding tert-OH is 1. The van der Waals surface area contributed by atoms with Crippen molar-refractivity contribution < 1.29 is 15.0 Å². The van der Waals surface area contributed by atoms with Gasteiger partial charge in [0.1, 0.15) is 10.9 Å². The number of carbonyl (C=O) groups excluding carboxylic acids is 1. The van der Waals surface area contributed by atoms with Crippen LogP contribution in [0.4, 0.5) is 5.82 Å². The number of pyridine rings is 1. The van der Waals surface area contributed by atoms with E-state index in [1.165, 1.54) is 4.90 Å². The summed E-state index contributed by atoms with van der Waals surface area (Å²) in [5.41, 5.74) is 0.792. The molecule has 0 saturated carbocycles. The highest BCUT2D eigenvalue weighted by Crippen LogP contribution is 2.31. The number of carbonyl (C=O) groups is 1. The summed E-state index contributed by atoms with van der Waals surface area (Å²) in [4.78, 5) is 22.1. The molecule has 9 heteroatoms. The van der Waals surface area contributed by atoms with Crippen molar-refractivity contribution in [2.45, 2.75) is 12.8 Å². The molecule has 0 radical (unpaired) electrons. The van der Waals surface area contributed by atoms with E-state index >= 15 is 0 Å². The molecule has 0 bridgehead atoms. The van der Waals surface area contributed by atoms with E-state index in [0.29, 0.717) is 6.61 Å². The summed E-state index contributed by atoms with van der Waals surface area (Å²) < 4.78 is 0. The monoisotopic (exact) mass is 387 g/mol. The molecular formula is C16H21Cl2N4O3+. The van der Waals surface area contributed by atoms with Crippen LogP contribution in [0.3, 0.4) is 0 Å². The van der Waals surface area contributed by atoms with Gasteiger partial charge in [-0.05, 0) is 11.6 Å². The van der Waals surface area contributed by atoms with Gasteiger partial charge in [-0.3, -0.25) is 9.69 Å². The highest BCUT2D eigenvalue weighted by molar-refractivity contribution is 6.49. The molecule has 3 N–H and O–H groups in total. The Hall–Kier alpha value is -1.38. The third-order valence-corrected chi connectivity index (χ3v) is 5.31. The lowest BCUT2D eigenvalue weighted by molar-refractivity contribution is -0.132. The third kappa shape index (κ3) is 3.91. The number of piperazine rings is 1. The van der Waals surface area contributed by atoms with E-state index in [2.05, 4.69) is 14.8 Å². The van der Waals surface area contributed by atoms with Gasteiger partial charge in [0.25, 0.3) is 5.91 Å². The van der Waals surface area contributed by atoms with Crippen LogP contribution in [0.2, 0.25) is 0 Å². The zero-order valence-electron chi connectivity index (χ0n) is 13.7. The second kappa shape index (κ2) is 7.88. The van der Waals surface area contributed by atoms with Crippen LogP contribution in [0.25, 0.3) is 0 Å². The molecule has 7 nitrogen and oxygen atoms in total. The number of halogens is 2. The summed E-state index contributed by atoms with van der Waals surface area (Å²) in [6, 6.07) is 3.80. The van der Waals surface area contributed by atoms with Crippen molar-refractivity contribution in [3.63, 3.8) is 0 Å². The zero-order chi connectivity index (χ0) is 18.0. The van der Waals surface area contributed by atoms with E-state index in [0.717, 1.165) is 44.1 Å². The molecule has 1 atom stereocenters. The first-order valence-corrected chi connectivity index (χ1v) is 8.88. The molecule has 0 spiro atoms. The SMILES string of the molecule is O=C1C(Cl)=C(Cl)C(O)N1Cc1ccc(N2CCN(CC[OH2+])CC2)nc1. The van der Waals surface area contributed by atoms with Gasteiger partial charge < -0.3 is 20.0 Å². The maximum Gasteiger partial charge on any atom is 0.269 e. The second-order valence-corrected chi connectivity index (χ2v) is 6.86. The highest BCUT2D eigenvalue weighted by Gasteiger charge is 2.36. The van der Waals surface area contributed by atoms with Crippen LogP contribution in [0.15, 0.2) is 28.4 Å². The van der Waals surface area contributed by atoms with E-state index in [1.807, 2.05) is 12.1 Å². The van der Waals surface area contributed by atoms with Crippen LogP contribution in [0, 0.1) is 0 Å². The maximum absolute atomic E-state index is 12.0. The van der Waals surface area contributed by atoms with Crippen LogP contribution in [-0.2, 0) is 11.3 Å². The summed E-state index contributed by atoms with van der Waals surface area (Å²) in [6.45, 7) is 5.05. The first-order chi connectivity index (χ1) is 12.0. The standard InChI is InChI=1S/C16H20Cl2N4O3/c17-13-14(18)16(25)22(15(13)24)10-11-1-2-12(19-9-11)21-5-3-20(4-6-21)7-8-23/h1-2,9,15,23-24H,3-8,10H2/p+1. The fourth-order valence-electron chi connectivity index (χ4n) is 3.00. The van der Waals surface area contributed by atoms with Crippen molar-refractivity contribution >= 4 is 34.9 Å². The normalized spacial score (nSPS) is 22.2. The predicted molar refractivity (Wildman–Crippen MR) is 96.7 cm³/mol. The van der Waals surface area contributed by atoms with Gasteiger partial charge in [0.2, 0.25) is 0 Å². The number of rotatable bonds is 5. The van der Waals surface area contributed by atoms with Crippen molar-refractivity contribution in [1.82, 2.24) is 14.8 Å². The van der Waals surface area contributed by atoms with E-state index in [4.69, 9.17) is 28.3 Å². The molecule has 1 aromatic heterocycles.